The van der Waals surface area contributed by atoms with Crippen LogP contribution >= 0.6 is 0 Å². The fourth-order valence-corrected chi connectivity index (χ4v) is 12.2. The van der Waals surface area contributed by atoms with Gasteiger partial charge in [0.15, 0.2) is 5.69 Å². The molecule has 0 spiro atoms. The van der Waals surface area contributed by atoms with Crippen LogP contribution in [0.15, 0.2) is 17.8 Å². The molecule has 0 amide bonds. The number of carbonyl (C=O) groups excluding carboxylic acids is 1. The molecule has 4 fully saturated rings. The third-order valence-corrected chi connectivity index (χ3v) is 16.2. The van der Waals surface area contributed by atoms with Gasteiger partial charge < -0.3 is 25.1 Å². The maximum Gasteiger partial charge on any atom is 0.360 e. The number of fused-ring (bicyclic) bond motifs is 3. The SMILES string of the molecule is COC(=O)c1cnn([C@@H]2C[C@@]34COC[C@](C)([C@@H]3CC[C@H]3C4=CC[C@@]4(C)[C@H](C(=O)O)[C@@](C)([C@H](C)C(C)C)CC[C@]34C)[C@H]2OC[C@](C)(N)C(C)C)n1. The Hall–Kier alpha value is -2.30. The number of hydrogen-bond donors (Lipinski definition) is 2. The number of hydrogen-bond acceptors (Lipinski definition) is 8. The Bertz CT molecular complexity index is 1520. The van der Waals surface area contributed by atoms with E-state index in [1.807, 2.05) is 6.92 Å². The minimum Gasteiger partial charge on any atom is -0.481 e. The van der Waals surface area contributed by atoms with Crippen molar-refractivity contribution in [1.29, 1.82) is 0 Å². The van der Waals surface area contributed by atoms with Crippen LogP contribution in [0.25, 0.3) is 0 Å². The van der Waals surface area contributed by atoms with E-state index in [0.29, 0.717) is 38.1 Å². The fourth-order valence-electron chi connectivity index (χ4n) is 12.2. The number of rotatable bonds is 9. The molecule has 6 rings (SSSR count). The summed E-state index contributed by atoms with van der Waals surface area (Å²) in [4.78, 5) is 27.7. The number of methoxy groups -OCH3 is 1. The van der Waals surface area contributed by atoms with Gasteiger partial charge in [0.25, 0.3) is 0 Å². The molecule has 0 radical (unpaired) electrons. The number of allylic oxidation sites excluding steroid dienone is 1. The molecule has 10 heteroatoms. The van der Waals surface area contributed by atoms with Gasteiger partial charge in [-0.15, -0.1) is 5.10 Å². The van der Waals surface area contributed by atoms with Gasteiger partial charge in [-0.1, -0.05) is 74.0 Å². The van der Waals surface area contributed by atoms with E-state index in [2.05, 4.69) is 73.5 Å². The molecular weight excluding hydrogens is 632 g/mol. The molecule has 4 aliphatic carbocycles. The monoisotopic (exact) mass is 696 g/mol. The summed E-state index contributed by atoms with van der Waals surface area (Å²) in [7, 11) is 1.35. The molecule has 1 aromatic heterocycles. The first-order chi connectivity index (χ1) is 23.2. The Kier molecular flexibility index (Phi) is 9.29. The van der Waals surface area contributed by atoms with Crippen LogP contribution < -0.4 is 5.73 Å². The zero-order valence-electron chi connectivity index (χ0n) is 32.5. The Balaban J connectivity index is 1.46. The van der Waals surface area contributed by atoms with Crippen molar-refractivity contribution in [1.82, 2.24) is 15.0 Å². The van der Waals surface area contributed by atoms with Crippen molar-refractivity contribution in [3.63, 3.8) is 0 Å². The van der Waals surface area contributed by atoms with E-state index in [4.69, 9.17) is 25.0 Å². The second-order valence-electron chi connectivity index (χ2n) is 19.1. The Morgan fingerprint density at radius 1 is 1.10 bits per heavy atom. The number of carboxylic acid groups (broad SMARTS) is 1. The van der Waals surface area contributed by atoms with Gasteiger partial charge in [-0.3, -0.25) is 4.79 Å². The number of nitrogens with two attached hydrogens (primary N) is 1. The molecular formula is C40H64N4O6. The van der Waals surface area contributed by atoms with Gasteiger partial charge >= 0.3 is 11.9 Å². The molecule has 1 aromatic rings. The van der Waals surface area contributed by atoms with Gasteiger partial charge in [0.1, 0.15) is 0 Å². The highest BCUT2D eigenvalue weighted by atomic mass is 16.5. The van der Waals surface area contributed by atoms with Gasteiger partial charge in [0.2, 0.25) is 0 Å². The van der Waals surface area contributed by atoms with E-state index in [0.717, 1.165) is 32.1 Å². The van der Waals surface area contributed by atoms with Crippen molar-refractivity contribution in [3.8, 4) is 0 Å². The minimum absolute atomic E-state index is 0.172. The summed E-state index contributed by atoms with van der Waals surface area (Å²) in [5.74, 6) is -0.177. The molecule has 12 atom stereocenters. The molecule has 10 nitrogen and oxygen atoms in total. The minimum atomic E-state index is -0.650. The van der Waals surface area contributed by atoms with Crippen LogP contribution in [0.1, 0.15) is 124 Å². The molecule has 1 aliphatic heterocycles. The average molecular weight is 697 g/mol. The Labute approximate surface area is 299 Å². The maximum atomic E-state index is 13.5. The van der Waals surface area contributed by atoms with Gasteiger partial charge in [0.05, 0.1) is 51.2 Å². The van der Waals surface area contributed by atoms with Crippen LogP contribution in [0.5, 0.6) is 0 Å². The van der Waals surface area contributed by atoms with Crippen molar-refractivity contribution in [2.45, 2.75) is 125 Å². The molecule has 280 valence electrons. The van der Waals surface area contributed by atoms with Crippen molar-refractivity contribution in [2.75, 3.05) is 26.9 Å². The predicted molar refractivity (Wildman–Crippen MR) is 191 cm³/mol. The van der Waals surface area contributed by atoms with E-state index in [9.17, 15) is 14.7 Å². The summed E-state index contributed by atoms with van der Waals surface area (Å²) < 4.78 is 18.6. The van der Waals surface area contributed by atoms with E-state index >= 15 is 0 Å². The summed E-state index contributed by atoms with van der Waals surface area (Å²) in [5.41, 5.74) is 6.32. The first-order valence-electron chi connectivity index (χ1n) is 19.2. The van der Waals surface area contributed by atoms with Crippen LogP contribution in [0.3, 0.4) is 0 Å². The topological polar surface area (TPSA) is 139 Å². The number of nitrogens with zero attached hydrogens (tertiary/aromatic N) is 3. The van der Waals surface area contributed by atoms with Crippen LogP contribution in [0, 0.1) is 62.6 Å². The number of carboxylic acids is 1. The fraction of sp³-hybridized carbons (Fsp3) is 0.850. The lowest BCUT2D eigenvalue weighted by molar-refractivity contribution is -0.253. The first-order valence-corrected chi connectivity index (χ1v) is 19.2. The third-order valence-electron chi connectivity index (χ3n) is 16.2. The molecule has 0 aromatic carbocycles. The largest absolute Gasteiger partial charge is 0.481 e. The maximum absolute atomic E-state index is 13.5. The summed E-state index contributed by atoms with van der Waals surface area (Å²) >= 11 is 0. The highest BCUT2D eigenvalue weighted by Gasteiger charge is 2.72. The van der Waals surface area contributed by atoms with E-state index in [-0.39, 0.29) is 57.3 Å². The van der Waals surface area contributed by atoms with E-state index < -0.39 is 28.8 Å². The molecule has 3 saturated carbocycles. The molecule has 50 heavy (non-hydrogen) atoms. The molecule has 2 heterocycles. The summed E-state index contributed by atoms with van der Waals surface area (Å²) in [6.45, 7) is 23.8. The number of aromatic nitrogens is 3. The number of esters is 1. The normalized spacial score (nSPS) is 42.8. The van der Waals surface area contributed by atoms with Crippen molar-refractivity contribution >= 4 is 11.9 Å². The molecule has 0 unspecified atom stereocenters. The molecule has 3 N–H and O–H groups in total. The van der Waals surface area contributed by atoms with Crippen molar-refractivity contribution in [2.24, 2.45) is 68.3 Å². The summed E-state index contributed by atoms with van der Waals surface area (Å²) in [5, 5.41) is 20.4. The van der Waals surface area contributed by atoms with Crippen molar-refractivity contribution < 1.29 is 28.9 Å². The first kappa shape index (κ1) is 37.5. The van der Waals surface area contributed by atoms with Crippen LogP contribution in [-0.2, 0) is 19.0 Å². The lowest BCUT2D eigenvalue weighted by Gasteiger charge is -2.71. The zero-order valence-corrected chi connectivity index (χ0v) is 32.5. The van der Waals surface area contributed by atoms with Crippen LogP contribution in [0.2, 0.25) is 0 Å². The Morgan fingerprint density at radius 3 is 2.42 bits per heavy atom. The van der Waals surface area contributed by atoms with Gasteiger partial charge in [-0.05, 0) is 91.3 Å². The Morgan fingerprint density at radius 2 is 1.80 bits per heavy atom. The molecule has 2 bridgehead atoms. The lowest BCUT2D eigenvalue weighted by atomic mass is 9.34. The quantitative estimate of drug-likeness (QED) is 0.207. The zero-order chi connectivity index (χ0) is 36.8. The summed E-state index contributed by atoms with van der Waals surface area (Å²) in [6.07, 6.45) is 9.03. The second kappa shape index (κ2) is 12.4. The predicted octanol–water partition coefficient (Wildman–Crippen LogP) is 6.95. The lowest BCUT2D eigenvalue weighted by Crippen LogP contribution is -2.69. The average Bonchev–Trinajstić information content (AvgIpc) is 3.54. The van der Waals surface area contributed by atoms with Crippen molar-refractivity contribution in [3.05, 3.63) is 23.5 Å². The van der Waals surface area contributed by atoms with Gasteiger partial charge in [0, 0.05) is 16.4 Å². The standard InChI is InChI=1S/C40H64N4O6/c1-23(2)25(5)35(6)16-17-37(8)26-12-13-30-36(7)20-49-22-40(30,27(26)14-15-38(37,9)31(35)33(45)46)18-29(32(36)50-21-39(10,41)24(3)4)44-42-19-28(43-44)34(47)48-11/h14,19,23-26,29-32H,12-13,15-18,20-22,41H2,1-11H3,(H,45,46)/t25-,26+,29-,30+,31-,32+,35-,36-,37-,38+,39+,40+/m1/s1. The van der Waals surface area contributed by atoms with Crippen LogP contribution in [-0.4, -0.2) is 70.6 Å². The molecule has 1 saturated heterocycles. The summed E-state index contributed by atoms with van der Waals surface area (Å²) in [6, 6.07) is -0.268. The smallest absolute Gasteiger partial charge is 0.360 e. The number of aliphatic carboxylic acids is 1. The number of ether oxygens (including phenoxy) is 3. The highest BCUT2D eigenvalue weighted by Crippen LogP contribution is 2.75. The van der Waals surface area contributed by atoms with E-state index in [1.54, 1.807) is 4.80 Å². The van der Waals surface area contributed by atoms with E-state index in [1.165, 1.54) is 18.9 Å². The van der Waals surface area contributed by atoms with Gasteiger partial charge in [-0.2, -0.15) is 9.90 Å². The third kappa shape index (κ3) is 5.19. The number of carbonyl (C=O) groups is 2. The highest BCUT2D eigenvalue weighted by molar-refractivity contribution is 5.86. The van der Waals surface area contributed by atoms with Crippen LogP contribution in [0.4, 0.5) is 0 Å². The second-order valence-corrected chi connectivity index (χ2v) is 19.1. The van der Waals surface area contributed by atoms with Gasteiger partial charge in [-0.25, -0.2) is 4.79 Å². The molecule has 5 aliphatic rings.